The molecule has 1 aliphatic heterocycles. The fourth-order valence-corrected chi connectivity index (χ4v) is 3.40. The molecule has 26 heavy (non-hydrogen) atoms. The van der Waals surface area contributed by atoms with E-state index in [9.17, 15) is 9.59 Å². The Morgan fingerprint density at radius 1 is 1.23 bits per heavy atom. The van der Waals surface area contributed by atoms with Crippen LogP contribution in [0.3, 0.4) is 0 Å². The van der Waals surface area contributed by atoms with Crippen molar-refractivity contribution in [3.8, 4) is 16.3 Å². The van der Waals surface area contributed by atoms with Gasteiger partial charge in [-0.1, -0.05) is 24.3 Å². The van der Waals surface area contributed by atoms with Gasteiger partial charge in [-0.05, 0) is 24.3 Å². The van der Waals surface area contributed by atoms with Crippen LogP contribution in [0, 0.1) is 0 Å². The first-order valence-electron chi connectivity index (χ1n) is 8.03. The molecule has 130 valence electrons. The molecule has 7 heteroatoms. The molecule has 3 aromatic rings. The molecule has 2 amide bonds. The van der Waals surface area contributed by atoms with E-state index < -0.39 is 0 Å². The Kier molecular flexibility index (Phi) is 4.37. The van der Waals surface area contributed by atoms with Gasteiger partial charge in [0, 0.05) is 22.8 Å². The van der Waals surface area contributed by atoms with E-state index in [-0.39, 0.29) is 25.0 Å². The van der Waals surface area contributed by atoms with E-state index >= 15 is 0 Å². The molecule has 1 N–H and O–H groups in total. The highest BCUT2D eigenvalue weighted by molar-refractivity contribution is 7.13. The van der Waals surface area contributed by atoms with Crippen molar-refractivity contribution >= 4 is 34.5 Å². The lowest BCUT2D eigenvalue weighted by atomic mass is 10.2. The van der Waals surface area contributed by atoms with Gasteiger partial charge in [0.05, 0.1) is 5.69 Å². The lowest BCUT2D eigenvalue weighted by Crippen LogP contribution is -2.43. The zero-order valence-electron chi connectivity index (χ0n) is 13.7. The molecule has 0 saturated carbocycles. The molecule has 0 radical (unpaired) electrons. The summed E-state index contributed by atoms with van der Waals surface area (Å²) in [6.45, 7) is -0.134. The van der Waals surface area contributed by atoms with Crippen LogP contribution in [0.15, 0.2) is 60.1 Å². The summed E-state index contributed by atoms with van der Waals surface area (Å²) in [4.78, 5) is 30.4. The van der Waals surface area contributed by atoms with Crippen molar-refractivity contribution in [2.45, 2.75) is 0 Å². The second-order valence-electron chi connectivity index (χ2n) is 5.70. The number of anilines is 2. The fourth-order valence-electron chi connectivity index (χ4n) is 2.77. The van der Waals surface area contributed by atoms with Gasteiger partial charge < -0.3 is 10.1 Å². The standard InChI is InChI=1S/C19H15N3O3S/c23-17(11-22-15-6-1-2-7-16(15)25-12-18(22)24)21-14-5-3-4-13(10-14)19-20-8-9-26-19/h1-10H,11-12H2,(H,21,23). The summed E-state index contributed by atoms with van der Waals surface area (Å²) >= 11 is 1.53. The number of benzene rings is 2. The molecule has 0 bridgehead atoms. The summed E-state index contributed by atoms with van der Waals surface area (Å²) in [6, 6.07) is 14.7. The topological polar surface area (TPSA) is 71.5 Å². The normalized spacial score (nSPS) is 13.1. The SMILES string of the molecule is O=C(CN1C(=O)COc2ccccc21)Nc1cccc(-c2nccs2)c1. The zero-order chi connectivity index (χ0) is 17.9. The molecule has 4 rings (SSSR count). The third-order valence-electron chi connectivity index (χ3n) is 3.94. The molecule has 0 atom stereocenters. The molecule has 1 aromatic heterocycles. The largest absolute Gasteiger partial charge is 0.482 e. The van der Waals surface area contributed by atoms with Crippen molar-refractivity contribution in [2.75, 3.05) is 23.4 Å². The summed E-state index contributed by atoms with van der Waals surface area (Å²) in [5, 5.41) is 5.64. The number of para-hydroxylation sites is 2. The molecule has 0 unspecified atom stereocenters. The molecular weight excluding hydrogens is 350 g/mol. The maximum absolute atomic E-state index is 12.5. The van der Waals surface area contributed by atoms with E-state index in [1.165, 1.54) is 16.2 Å². The second kappa shape index (κ2) is 6.97. The first kappa shape index (κ1) is 16.3. The number of nitrogens with zero attached hydrogens (tertiary/aromatic N) is 2. The predicted octanol–water partition coefficient (Wildman–Crippen LogP) is 3.17. The number of thiazole rings is 1. The number of carbonyl (C=O) groups is 2. The molecule has 0 spiro atoms. The van der Waals surface area contributed by atoms with Gasteiger partial charge >= 0.3 is 0 Å². The Morgan fingerprint density at radius 2 is 2.12 bits per heavy atom. The highest BCUT2D eigenvalue weighted by Crippen LogP contribution is 2.31. The van der Waals surface area contributed by atoms with Crippen molar-refractivity contribution < 1.29 is 14.3 Å². The molecule has 1 aliphatic rings. The average molecular weight is 365 g/mol. The zero-order valence-corrected chi connectivity index (χ0v) is 14.5. The molecule has 0 fully saturated rings. The van der Waals surface area contributed by atoms with Crippen LogP contribution in [0.5, 0.6) is 5.75 Å². The minimum absolute atomic E-state index is 0.0656. The van der Waals surface area contributed by atoms with Crippen LogP contribution < -0.4 is 15.0 Å². The van der Waals surface area contributed by atoms with Crippen LogP contribution in [-0.2, 0) is 9.59 Å². The summed E-state index contributed by atoms with van der Waals surface area (Å²) in [5.74, 6) is 0.0902. The Balaban J connectivity index is 1.50. The number of ether oxygens (including phenoxy) is 1. The number of rotatable bonds is 4. The van der Waals surface area contributed by atoms with Crippen molar-refractivity contribution in [1.29, 1.82) is 0 Å². The third kappa shape index (κ3) is 3.29. The van der Waals surface area contributed by atoms with Crippen molar-refractivity contribution in [3.63, 3.8) is 0 Å². The molecule has 0 aliphatic carbocycles. The number of hydrogen-bond acceptors (Lipinski definition) is 5. The fraction of sp³-hybridized carbons (Fsp3) is 0.105. The molecule has 2 aromatic carbocycles. The number of carbonyl (C=O) groups excluding carboxylic acids is 2. The Hall–Kier alpha value is -3.19. The number of hydrogen-bond donors (Lipinski definition) is 1. The Labute approximate surface area is 154 Å². The van der Waals surface area contributed by atoms with Gasteiger partial charge in [-0.3, -0.25) is 14.5 Å². The second-order valence-corrected chi connectivity index (χ2v) is 6.60. The Bertz CT molecular complexity index is 956. The van der Waals surface area contributed by atoms with Crippen molar-refractivity contribution in [1.82, 2.24) is 4.98 Å². The molecule has 2 heterocycles. The lowest BCUT2D eigenvalue weighted by Gasteiger charge is -2.28. The lowest BCUT2D eigenvalue weighted by molar-refractivity contribution is -0.123. The number of nitrogens with one attached hydrogen (secondary N) is 1. The van der Waals surface area contributed by atoms with Gasteiger partial charge in [0.15, 0.2) is 6.61 Å². The van der Waals surface area contributed by atoms with E-state index in [0.29, 0.717) is 17.1 Å². The molecule has 0 saturated heterocycles. The summed E-state index contributed by atoms with van der Waals surface area (Å²) in [5.41, 5.74) is 2.21. The first-order chi connectivity index (χ1) is 12.7. The summed E-state index contributed by atoms with van der Waals surface area (Å²) in [6.07, 6.45) is 1.74. The van der Waals surface area contributed by atoms with Crippen LogP contribution in [0.2, 0.25) is 0 Å². The van der Waals surface area contributed by atoms with Crippen LogP contribution in [-0.4, -0.2) is 29.9 Å². The first-order valence-corrected chi connectivity index (χ1v) is 8.90. The van der Waals surface area contributed by atoms with Gasteiger partial charge in [-0.2, -0.15) is 0 Å². The minimum atomic E-state index is -0.272. The minimum Gasteiger partial charge on any atom is -0.482 e. The van der Waals surface area contributed by atoms with Gasteiger partial charge in [-0.25, -0.2) is 4.98 Å². The summed E-state index contributed by atoms with van der Waals surface area (Å²) in [7, 11) is 0. The van der Waals surface area contributed by atoms with Crippen LogP contribution >= 0.6 is 11.3 Å². The maximum Gasteiger partial charge on any atom is 0.265 e. The van der Waals surface area contributed by atoms with E-state index in [0.717, 1.165) is 10.6 Å². The van der Waals surface area contributed by atoms with E-state index in [4.69, 9.17) is 4.74 Å². The van der Waals surface area contributed by atoms with Crippen molar-refractivity contribution in [3.05, 3.63) is 60.1 Å². The van der Waals surface area contributed by atoms with Gasteiger partial charge in [0.25, 0.3) is 5.91 Å². The number of amides is 2. The van der Waals surface area contributed by atoms with E-state index in [1.807, 2.05) is 41.8 Å². The monoisotopic (exact) mass is 365 g/mol. The third-order valence-corrected chi connectivity index (χ3v) is 4.76. The number of fused-ring (bicyclic) bond motifs is 1. The van der Waals surface area contributed by atoms with Crippen LogP contribution in [0.1, 0.15) is 0 Å². The molecule has 6 nitrogen and oxygen atoms in total. The van der Waals surface area contributed by atoms with Gasteiger partial charge in [0.1, 0.15) is 17.3 Å². The highest BCUT2D eigenvalue weighted by Gasteiger charge is 2.26. The maximum atomic E-state index is 12.5. The van der Waals surface area contributed by atoms with Gasteiger partial charge in [0.2, 0.25) is 5.91 Å². The average Bonchev–Trinajstić information content (AvgIpc) is 3.19. The smallest absolute Gasteiger partial charge is 0.265 e. The van der Waals surface area contributed by atoms with Gasteiger partial charge in [-0.15, -0.1) is 11.3 Å². The van der Waals surface area contributed by atoms with Crippen LogP contribution in [0.25, 0.3) is 10.6 Å². The predicted molar refractivity (Wildman–Crippen MR) is 100 cm³/mol. The van der Waals surface area contributed by atoms with E-state index in [1.54, 1.807) is 18.3 Å². The number of aromatic nitrogens is 1. The summed E-state index contributed by atoms with van der Waals surface area (Å²) < 4.78 is 5.39. The van der Waals surface area contributed by atoms with Crippen LogP contribution in [0.4, 0.5) is 11.4 Å². The van der Waals surface area contributed by atoms with Crippen molar-refractivity contribution in [2.24, 2.45) is 0 Å². The quantitative estimate of drug-likeness (QED) is 0.771. The Morgan fingerprint density at radius 3 is 2.96 bits per heavy atom. The molecular formula is C19H15N3O3S. The van der Waals surface area contributed by atoms with E-state index in [2.05, 4.69) is 10.3 Å². The highest BCUT2D eigenvalue weighted by atomic mass is 32.1.